The van der Waals surface area contributed by atoms with Gasteiger partial charge in [0.2, 0.25) is 11.8 Å². The average molecular weight is 746 g/mol. The number of benzene rings is 3. The number of fused-ring (bicyclic) bond motifs is 1. The Hall–Kier alpha value is -5.25. The molecule has 10 heteroatoms. The second-order valence-corrected chi connectivity index (χ2v) is 16.4. The molecule has 0 radical (unpaired) electrons. The number of anilines is 1. The molecule has 1 amide bonds. The molecule has 0 atom stereocenters. The largest absolute Gasteiger partial charge is 0.473 e. The maximum Gasteiger partial charge on any atom is 0.410 e. The van der Waals surface area contributed by atoms with Gasteiger partial charge in [0.25, 0.3) is 0 Å². The molecule has 290 valence electrons. The maximum absolute atomic E-state index is 14.4. The Morgan fingerprint density at radius 1 is 0.764 bits per heavy atom. The van der Waals surface area contributed by atoms with E-state index in [1.807, 2.05) is 117 Å². The van der Waals surface area contributed by atoms with Crippen LogP contribution in [0.3, 0.4) is 0 Å². The van der Waals surface area contributed by atoms with Gasteiger partial charge in [0.1, 0.15) is 24.5 Å². The van der Waals surface area contributed by atoms with Crippen molar-refractivity contribution in [3.8, 4) is 17.4 Å². The van der Waals surface area contributed by atoms with Gasteiger partial charge in [0, 0.05) is 44.0 Å². The minimum atomic E-state index is -0.466. The maximum atomic E-state index is 14.4. The van der Waals surface area contributed by atoms with Crippen LogP contribution in [0.2, 0.25) is 0 Å². The SMILES string of the molecule is CC(C)n1c(=O)n(-c2ccc(OCc3ccccc3)nc2OCc2ccccc2)c2ccc(N3CCC(CC4CCN(C(=O)OC(C)(C)C)CC4)CC3)cc21. The van der Waals surface area contributed by atoms with Crippen molar-refractivity contribution in [3.63, 3.8) is 0 Å². The van der Waals surface area contributed by atoms with E-state index in [9.17, 15) is 9.59 Å². The molecule has 10 nitrogen and oxygen atoms in total. The molecule has 4 heterocycles. The topological polar surface area (TPSA) is 91.1 Å². The van der Waals surface area contributed by atoms with Crippen molar-refractivity contribution in [2.45, 2.75) is 91.6 Å². The second-order valence-electron chi connectivity index (χ2n) is 16.4. The zero-order valence-corrected chi connectivity index (χ0v) is 32.9. The van der Waals surface area contributed by atoms with E-state index in [4.69, 9.17) is 19.2 Å². The minimum absolute atomic E-state index is 0.0610. The van der Waals surface area contributed by atoms with E-state index in [1.54, 1.807) is 4.57 Å². The van der Waals surface area contributed by atoms with Gasteiger partial charge in [-0.05, 0) is 114 Å². The lowest BCUT2D eigenvalue weighted by Gasteiger charge is -2.37. The first-order valence-electron chi connectivity index (χ1n) is 19.9. The van der Waals surface area contributed by atoms with Gasteiger partial charge in [0.05, 0.1) is 11.0 Å². The fourth-order valence-corrected chi connectivity index (χ4v) is 7.94. The molecular weight excluding hydrogens is 691 g/mol. The molecule has 0 bridgehead atoms. The average Bonchev–Trinajstić information content (AvgIpc) is 3.48. The molecule has 55 heavy (non-hydrogen) atoms. The highest BCUT2D eigenvalue weighted by molar-refractivity contribution is 5.83. The number of aromatic nitrogens is 3. The van der Waals surface area contributed by atoms with Gasteiger partial charge in [-0.2, -0.15) is 4.98 Å². The molecular formula is C45H55N5O5. The number of piperidine rings is 2. The number of imidazole rings is 1. The molecule has 0 aliphatic carbocycles. The summed E-state index contributed by atoms with van der Waals surface area (Å²) >= 11 is 0. The van der Waals surface area contributed by atoms with Crippen LogP contribution in [0.5, 0.6) is 11.8 Å². The van der Waals surface area contributed by atoms with E-state index < -0.39 is 5.60 Å². The molecule has 7 rings (SSSR count). The summed E-state index contributed by atoms with van der Waals surface area (Å²) in [6.07, 6.45) is 5.37. The molecule has 5 aromatic rings. The molecule has 2 aliphatic rings. The molecule has 2 aliphatic heterocycles. The molecule has 2 aromatic heterocycles. The van der Waals surface area contributed by atoms with Crippen molar-refractivity contribution in [2.24, 2.45) is 11.8 Å². The predicted molar refractivity (Wildman–Crippen MR) is 217 cm³/mol. The lowest BCUT2D eigenvalue weighted by Crippen LogP contribution is -2.42. The lowest BCUT2D eigenvalue weighted by molar-refractivity contribution is 0.0174. The Balaban J connectivity index is 1.08. The minimum Gasteiger partial charge on any atom is -0.473 e. The van der Waals surface area contributed by atoms with Crippen LogP contribution in [0.15, 0.2) is 95.8 Å². The van der Waals surface area contributed by atoms with E-state index in [0.29, 0.717) is 42.5 Å². The van der Waals surface area contributed by atoms with E-state index >= 15 is 0 Å². The standard InChI is InChI=1S/C45H55N5O5/c1-32(2)49-40-29-37(47-24-20-33(21-25-47)28-34-22-26-48(27-23-34)44(52)55-45(3,4)5)16-17-38(40)50(43(49)51)39-18-19-41(53-30-35-12-8-6-9-13-35)46-42(39)54-31-36-14-10-7-11-15-36/h6-19,29,32-34H,20-28,30-31H2,1-5H3. The van der Waals surface area contributed by atoms with Crippen LogP contribution in [0.4, 0.5) is 10.5 Å². The Bertz CT molecular complexity index is 2110. The molecule has 3 aromatic carbocycles. The second kappa shape index (κ2) is 16.6. The van der Waals surface area contributed by atoms with Gasteiger partial charge in [-0.25, -0.2) is 9.59 Å². The Morgan fingerprint density at radius 2 is 1.36 bits per heavy atom. The van der Waals surface area contributed by atoms with Gasteiger partial charge in [0.15, 0.2) is 0 Å². The van der Waals surface area contributed by atoms with Crippen LogP contribution in [-0.4, -0.2) is 56.9 Å². The number of pyridine rings is 1. The molecule has 0 N–H and O–H groups in total. The summed E-state index contributed by atoms with van der Waals surface area (Å²) in [5.74, 6) is 2.08. The number of carbonyl (C=O) groups excluding carboxylic acids is 1. The Kier molecular flexibility index (Phi) is 11.5. The quantitative estimate of drug-likeness (QED) is 0.133. The molecule has 0 saturated carbocycles. The number of nitrogens with zero attached hydrogens (tertiary/aromatic N) is 5. The van der Waals surface area contributed by atoms with Gasteiger partial charge in [-0.1, -0.05) is 60.7 Å². The number of carbonyl (C=O) groups is 1. The Morgan fingerprint density at radius 3 is 1.96 bits per heavy atom. The van der Waals surface area contributed by atoms with Crippen molar-refractivity contribution >= 4 is 22.8 Å². The number of hydrogen-bond donors (Lipinski definition) is 0. The van der Waals surface area contributed by atoms with E-state index in [2.05, 4.69) is 23.1 Å². The summed E-state index contributed by atoms with van der Waals surface area (Å²) in [7, 11) is 0. The fraction of sp³-hybridized carbons (Fsp3) is 0.444. The van der Waals surface area contributed by atoms with Gasteiger partial charge in [-0.3, -0.25) is 9.13 Å². The van der Waals surface area contributed by atoms with Gasteiger partial charge < -0.3 is 24.0 Å². The first kappa shape index (κ1) is 38.0. The first-order chi connectivity index (χ1) is 26.5. The van der Waals surface area contributed by atoms with Crippen molar-refractivity contribution < 1.29 is 19.0 Å². The lowest BCUT2D eigenvalue weighted by atomic mass is 9.83. The van der Waals surface area contributed by atoms with Crippen molar-refractivity contribution in [1.82, 2.24) is 19.0 Å². The summed E-state index contributed by atoms with van der Waals surface area (Å²) < 4.78 is 21.7. The molecule has 0 unspecified atom stereocenters. The van der Waals surface area contributed by atoms with E-state index in [-0.39, 0.29) is 17.8 Å². The summed E-state index contributed by atoms with van der Waals surface area (Å²) in [6.45, 7) is 14.0. The number of hydrogen-bond acceptors (Lipinski definition) is 7. The van der Waals surface area contributed by atoms with E-state index in [1.165, 1.54) is 6.42 Å². The molecule has 2 fully saturated rings. The predicted octanol–water partition coefficient (Wildman–Crippen LogP) is 9.18. The highest BCUT2D eigenvalue weighted by atomic mass is 16.6. The smallest absolute Gasteiger partial charge is 0.410 e. The van der Waals surface area contributed by atoms with Crippen molar-refractivity contribution in [2.75, 3.05) is 31.1 Å². The van der Waals surface area contributed by atoms with Crippen LogP contribution in [-0.2, 0) is 18.0 Å². The van der Waals surface area contributed by atoms with Crippen LogP contribution in [0, 0.1) is 11.8 Å². The summed E-state index contributed by atoms with van der Waals surface area (Å²) in [5, 5.41) is 0. The number of amides is 1. The van der Waals surface area contributed by atoms with E-state index in [0.717, 1.165) is 79.7 Å². The third-order valence-electron chi connectivity index (χ3n) is 10.8. The van der Waals surface area contributed by atoms with Crippen LogP contribution in [0.25, 0.3) is 16.7 Å². The zero-order chi connectivity index (χ0) is 38.5. The summed E-state index contributed by atoms with van der Waals surface area (Å²) in [4.78, 5) is 36.0. The Labute approximate surface area is 324 Å². The third kappa shape index (κ3) is 9.18. The van der Waals surface area contributed by atoms with Crippen molar-refractivity contribution in [3.05, 3.63) is 113 Å². The number of ether oxygens (including phenoxy) is 3. The van der Waals surface area contributed by atoms with Crippen LogP contribution < -0.4 is 20.1 Å². The highest BCUT2D eigenvalue weighted by Crippen LogP contribution is 2.34. The van der Waals surface area contributed by atoms with Crippen LogP contribution in [0.1, 0.15) is 83.9 Å². The monoisotopic (exact) mass is 745 g/mol. The van der Waals surface area contributed by atoms with Crippen molar-refractivity contribution in [1.29, 1.82) is 0 Å². The summed E-state index contributed by atoms with van der Waals surface area (Å²) in [5.41, 5.74) is 4.83. The number of likely N-dealkylation sites (tertiary alicyclic amines) is 1. The zero-order valence-electron chi connectivity index (χ0n) is 32.9. The number of rotatable bonds is 11. The fourth-order valence-electron chi connectivity index (χ4n) is 7.94. The van der Waals surface area contributed by atoms with Gasteiger partial charge >= 0.3 is 11.8 Å². The summed E-state index contributed by atoms with van der Waals surface area (Å²) in [6, 6.07) is 29.9. The van der Waals surface area contributed by atoms with Gasteiger partial charge in [-0.15, -0.1) is 0 Å². The molecule has 2 saturated heterocycles. The normalized spacial score (nSPS) is 15.8. The highest BCUT2D eigenvalue weighted by Gasteiger charge is 2.30. The first-order valence-corrected chi connectivity index (χ1v) is 19.9. The molecule has 0 spiro atoms. The third-order valence-corrected chi connectivity index (χ3v) is 10.8. The van der Waals surface area contributed by atoms with Crippen LogP contribution >= 0.6 is 0 Å².